The van der Waals surface area contributed by atoms with Crippen molar-refractivity contribution in [3.05, 3.63) is 35.6 Å². The zero-order chi connectivity index (χ0) is 18.1. The van der Waals surface area contributed by atoms with E-state index < -0.39 is 5.97 Å². The Bertz CT molecular complexity index is 650. The minimum Gasteiger partial charge on any atom is -0.455 e. The summed E-state index contributed by atoms with van der Waals surface area (Å²) in [6.45, 7) is 0.469. The van der Waals surface area contributed by atoms with Gasteiger partial charge in [-0.05, 0) is 79.4 Å². The highest BCUT2D eigenvalue weighted by Crippen LogP contribution is 2.59. The van der Waals surface area contributed by atoms with Gasteiger partial charge < -0.3 is 10.1 Å². The molecule has 26 heavy (non-hydrogen) atoms. The van der Waals surface area contributed by atoms with Crippen LogP contribution in [0.3, 0.4) is 0 Å². The van der Waals surface area contributed by atoms with Gasteiger partial charge in [-0.25, -0.2) is 4.39 Å². The van der Waals surface area contributed by atoms with Crippen molar-refractivity contribution in [2.45, 2.75) is 44.9 Å². The molecule has 1 aromatic rings. The standard InChI is InChI=1S/C21H26FNO3/c22-18-3-1-14(2-4-18)8-20(25)26-12-19(24)23-13-21-9-15-5-16(10-21)7-17(6-15)11-21/h1-4,15-17H,5-13H2,(H,23,24). The lowest BCUT2D eigenvalue weighted by molar-refractivity contribution is -0.148. The molecule has 5 rings (SSSR count). The smallest absolute Gasteiger partial charge is 0.310 e. The van der Waals surface area contributed by atoms with Gasteiger partial charge in [0.05, 0.1) is 6.42 Å². The van der Waals surface area contributed by atoms with Crippen molar-refractivity contribution >= 4 is 11.9 Å². The van der Waals surface area contributed by atoms with E-state index in [1.54, 1.807) is 12.1 Å². The van der Waals surface area contributed by atoms with E-state index in [0.717, 1.165) is 17.8 Å². The summed E-state index contributed by atoms with van der Waals surface area (Å²) >= 11 is 0. The van der Waals surface area contributed by atoms with Crippen LogP contribution in [0.5, 0.6) is 0 Å². The highest BCUT2D eigenvalue weighted by molar-refractivity contribution is 5.81. The number of esters is 1. The van der Waals surface area contributed by atoms with Crippen LogP contribution in [-0.4, -0.2) is 25.0 Å². The van der Waals surface area contributed by atoms with E-state index in [4.69, 9.17) is 4.74 Å². The maximum absolute atomic E-state index is 12.9. The number of carbonyl (C=O) groups excluding carboxylic acids is 2. The molecule has 0 saturated heterocycles. The van der Waals surface area contributed by atoms with Gasteiger partial charge in [-0.2, -0.15) is 0 Å². The Morgan fingerprint density at radius 1 is 1.04 bits per heavy atom. The van der Waals surface area contributed by atoms with E-state index in [1.165, 1.54) is 50.7 Å². The average molecular weight is 359 g/mol. The van der Waals surface area contributed by atoms with Crippen LogP contribution in [0, 0.1) is 29.0 Å². The number of hydrogen-bond acceptors (Lipinski definition) is 3. The summed E-state index contributed by atoms with van der Waals surface area (Å²) in [5.41, 5.74) is 0.952. The topological polar surface area (TPSA) is 55.4 Å². The highest BCUT2D eigenvalue weighted by Gasteiger charge is 2.50. The van der Waals surface area contributed by atoms with Crippen molar-refractivity contribution < 1.29 is 18.7 Å². The lowest BCUT2D eigenvalue weighted by Crippen LogP contribution is -2.51. The van der Waals surface area contributed by atoms with Crippen LogP contribution < -0.4 is 5.32 Å². The molecule has 1 amide bonds. The van der Waals surface area contributed by atoms with Crippen LogP contribution in [0.1, 0.15) is 44.1 Å². The molecule has 5 heteroatoms. The molecule has 4 aliphatic carbocycles. The highest BCUT2D eigenvalue weighted by atomic mass is 19.1. The quantitative estimate of drug-likeness (QED) is 0.794. The SMILES string of the molecule is O=C(COC(=O)Cc1ccc(F)cc1)NCC12CC3CC(CC(C3)C1)C2. The second kappa shape index (κ2) is 7.01. The van der Waals surface area contributed by atoms with Gasteiger partial charge in [-0.1, -0.05) is 12.1 Å². The number of nitrogens with one attached hydrogen (secondary N) is 1. The number of carbonyl (C=O) groups is 2. The predicted molar refractivity (Wildman–Crippen MR) is 94.7 cm³/mol. The summed E-state index contributed by atoms with van der Waals surface area (Å²) in [5, 5.41) is 3.00. The molecular weight excluding hydrogens is 333 g/mol. The molecule has 4 nitrogen and oxygen atoms in total. The summed E-state index contributed by atoms with van der Waals surface area (Å²) in [6.07, 6.45) is 7.91. The van der Waals surface area contributed by atoms with Gasteiger partial charge in [0, 0.05) is 6.54 Å². The summed E-state index contributed by atoms with van der Waals surface area (Å²) < 4.78 is 17.9. The van der Waals surface area contributed by atoms with Crippen LogP contribution >= 0.6 is 0 Å². The molecule has 4 fully saturated rings. The van der Waals surface area contributed by atoms with Gasteiger partial charge in [0.15, 0.2) is 6.61 Å². The lowest BCUT2D eigenvalue weighted by Gasteiger charge is -2.56. The first kappa shape index (κ1) is 17.5. The first-order valence-corrected chi connectivity index (χ1v) is 9.66. The second-order valence-corrected chi connectivity index (χ2v) is 8.66. The number of amides is 1. The fourth-order valence-electron chi connectivity index (χ4n) is 5.81. The summed E-state index contributed by atoms with van der Waals surface area (Å²) in [4.78, 5) is 23.9. The Hall–Kier alpha value is -1.91. The molecule has 0 unspecified atom stereocenters. The average Bonchev–Trinajstić information content (AvgIpc) is 2.59. The molecule has 140 valence electrons. The van der Waals surface area contributed by atoms with Gasteiger partial charge in [0.1, 0.15) is 5.82 Å². The fraction of sp³-hybridized carbons (Fsp3) is 0.619. The van der Waals surface area contributed by atoms with E-state index in [-0.39, 0.29) is 30.2 Å². The second-order valence-electron chi connectivity index (χ2n) is 8.66. The molecule has 0 spiro atoms. The fourth-order valence-corrected chi connectivity index (χ4v) is 5.81. The Morgan fingerprint density at radius 2 is 1.62 bits per heavy atom. The molecule has 0 heterocycles. The molecule has 1 N–H and O–H groups in total. The lowest BCUT2D eigenvalue weighted by atomic mass is 9.49. The van der Waals surface area contributed by atoms with Crippen molar-refractivity contribution in [1.29, 1.82) is 0 Å². The van der Waals surface area contributed by atoms with Gasteiger partial charge in [-0.15, -0.1) is 0 Å². The van der Waals surface area contributed by atoms with Crippen LogP contribution in [0.25, 0.3) is 0 Å². The number of benzene rings is 1. The first-order chi connectivity index (χ1) is 12.5. The zero-order valence-electron chi connectivity index (χ0n) is 15.0. The summed E-state index contributed by atoms with van der Waals surface area (Å²) in [7, 11) is 0. The van der Waals surface area contributed by atoms with Gasteiger partial charge >= 0.3 is 5.97 Å². The summed E-state index contributed by atoms with van der Waals surface area (Å²) in [5.74, 6) is 1.52. The molecular formula is C21H26FNO3. The summed E-state index contributed by atoms with van der Waals surface area (Å²) in [6, 6.07) is 5.70. The van der Waals surface area contributed by atoms with Crippen molar-refractivity contribution in [3.8, 4) is 0 Å². The van der Waals surface area contributed by atoms with E-state index in [0.29, 0.717) is 12.1 Å². The normalized spacial score (nSPS) is 31.7. The van der Waals surface area contributed by atoms with Gasteiger partial charge in [-0.3, -0.25) is 9.59 Å². The molecule has 0 aromatic heterocycles. The third-order valence-electron chi connectivity index (χ3n) is 6.45. The van der Waals surface area contributed by atoms with Crippen molar-refractivity contribution in [2.24, 2.45) is 23.2 Å². The maximum atomic E-state index is 12.9. The molecule has 0 atom stereocenters. The largest absolute Gasteiger partial charge is 0.455 e. The number of ether oxygens (including phenoxy) is 1. The predicted octanol–water partition coefficient (Wildman–Crippen LogP) is 3.24. The Morgan fingerprint density at radius 3 is 2.19 bits per heavy atom. The Labute approximate surface area is 153 Å². The molecule has 0 radical (unpaired) electrons. The third kappa shape index (κ3) is 3.92. The third-order valence-corrected chi connectivity index (χ3v) is 6.45. The van der Waals surface area contributed by atoms with E-state index in [9.17, 15) is 14.0 Å². The molecule has 0 aliphatic heterocycles. The van der Waals surface area contributed by atoms with E-state index >= 15 is 0 Å². The molecule has 4 aliphatic rings. The maximum Gasteiger partial charge on any atom is 0.310 e. The minimum absolute atomic E-state index is 0.0442. The van der Waals surface area contributed by atoms with Crippen LogP contribution in [0.15, 0.2) is 24.3 Å². The van der Waals surface area contributed by atoms with Gasteiger partial charge in [0.25, 0.3) is 5.91 Å². The van der Waals surface area contributed by atoms with E-state index in [1.807, 2.05) is 0 Å². The number of rotatable bonds is 6. The van der Waals surface area contributed by atoms with Crippen LogP contribution in [0.2, 0.25) is 0 Å². The van der Waals surface area contributed by atoms with Crippen molar-refractivity contribution in [3.63, 3.8) is 0 Å². The van der Waals surface area contributed by atoms with Crippen LogP contribution in [0.4, 0.5) is 4.39 Å². The number of hydrogen-bond donors (Lipinski definition) is 1. The zero-order valence-corrected chi connectivity index (χ0v) is 15.0. The molecule has 1 aromatic carbocycles. The van der Waals surface area contributed by atoms with Crippen molar-refractivity contribution in [2.75, 3.05) is 13.2 Å². The monoisotopic (exact) mass is 359 g/mol. The van der Waals surface area contributed by atoms with Gasteiger partial charge in [0.2, 0.25) is 0 Å². The van der Waals surface area contributed by atoms with Crippen molar-refractivity contribution in [1.82, 2.24) is 5.32 Å². The minimum atomic E-state index is -0.471. The molecule has 4 bridgehead atoms. The Kier molecular flexibility index (Phi) is 4.72. The Balaban J connectivity index is 1.21. The van der Waals surface area contributed by atoms with Crippen LogP contribution in [-0.2, 0) is 20.7 Å². The first-order valence-electron chi connectivity index (χ1n) is 9.66. The molecule has 4 saturated carbocycles. The number of halogens is 1. The van der Waals surface area contributed by atoms with E-state index in [2.05, 4.69) is 5.32 Å².